The van der Waals surface area contributed by atoms with Crippen LogP contribution in [0.2, 0.25) is 0 Å². The van der Waals surface area contributed by atoms with E-state index in [1.807, 2.05) is 23.1 Å². The fraction of sp³-hybridized carbons (Fsp3) is 0.400. The topological polar surface area (TPSA) is 32.3 Å². The number of carbonyl (C=O) groups is 1. The van der Waals surface area contributed by atoms with Crippen molar-refractivity contribution in [3.8, 4) is 0 Å². The number of likely N-dealkylation sites (tertiary alicyclic amines) is 1. The lowest BCUT2D eigenvalue weighted by molar-refractivity contribution is -0.130. The van der Waals surface area contributed by atoms with Gasteiger partial charge in [-0.2, -0.15) is 0 Å². The first-order valence-electron chi connectivity index (χ1n) is 6.34. The normalized spacial score (nSPS) is 20.2. The minimum Gasteiger partial charge on any atom is -0.376 e. The zero-order chi connectivity index (χ0) is 13.4. The van der Waals surface area contributed by atoms with Crippen LogP contribution < -0.4 is 5.32 Å². The second-order valence-corrected chi connectivity index (χ2v) is 4.38. The van der Waals surface area contributed by atoms with Crippen LogP contribution in [-0.2, 0) is 4.79 Å². The number of hydrogen-bond acceptors (Lipinski definition) is 2. The predicted octanol–water partition coefficient (Wildman–Crippen LogP) is 2.40. The highest BCUT2D eigenvalue weighted by molar-refractivity contribution is 5.79. The Kier molecular flexibility index (Phi) is 5.98. The SMILES string of the molecule is C=C/C=C\C=C(/C=C)NCC(=O)N1CCCC1C. The van der Waals surface area contributed by atoms with Crippen molar-refractivity contribution >= 4 is 5.91 Å². The van der Waals surface area contributed by atoms with Gasteiger partial charge in [0.2, 0.25) is 5.91 Å². The Morgan fingerprint density at radius 2 is 2.22 bits per heavy atom. The van der Waals surface area contributed by atoms with Gasteiger partial charge in [0.25, 0.3) is 0 Å². The molecule has 1 N–H and O–H groups in total. The summed E-state index contributed by atoms with van der Waals surface area (Å²) in [6, 6.07) is 0.371. The lowest BCUT2D eigenvalue weighted by atomic mass is 10.2. The number of rotatable bonds is 6. The molecule has 1 aliphatic rings. The van der Waals surface area contributed by atoms with E-state index in [1.54, 1.807) is 12.2 Å². The van der Waals surface area contributed by atoms with Gasteiger partial charge < -0.3 is 10.2 Å². The zero-order valence-electron chi connectivity index (χ0n) is 11.1. The summed E-state index contributed by atoms with van der Waals surface area (Å²) in [6.45, 7) is 10.6. The van der Waals surface area contributed by atoms with Crippen LogP contribution in [-0.4, -0.2) is 29.9 Å². The van der Waals surface area contributed by atoms with Crippen LogP contribution in [0.1, 0.15) is 19.8 Å². The minimum atomic E-state index is 0.153. The van der Waals surface area contributed by atoms with Crippen molar-refractivity contribution in [1.29, 1.82) is 0 Å². The maximum absolute atomic E-state index is 12.0. The van der Waals surface area contributed by atoms with Crippen LogP contribution in [0.25, 0.3) is 0 Å². The Bertz CT molecular complexity index is 369. The molecule has 1 atom stereocenters. The van der Waals surface area contributed by atoms with Gasteiger partial charge in [0.15, 0.2) is 0 Å². The molecule has 1 saturated heterocycles. The Hall–Kier alpha value is -1.77. The fourth-order valence-corrected chi connectivity index (χ4v) is 2.02. The lowest BCUT2D eigenvalue weighted by Crippen LogP contribution is -2.39. The molecule has 18 heavy (non-hydrogen) atoms. The summed E-state index contributed by atoms with van der Waals surface area (Å²) in [5, 5.41) is 3.09. The molecule has 1 heterocycles. The molecule has 0 bridgehead atoms. The van der Waals surface area contributed by atoms with Gasteiger partial charge >= 0.3 is 0 Å². The molecule has 0 saturated carbocycles. The highest BCUT2D eigenvalue weighted by Gasteiger charge is 2.24. The first-order valence-corrected chi connectivity index (χ1v) is 6.34. The third-order valence-corrected chi connectivity index (χ3v) is 3.06. The molecular formula is C15H22N2O. The van der Waals surface area contributed by atoms with Crippen LogP contribution in [0, 0.1) is 0 Å². The minimum absolute atomic E-state index is 0.153. The third-order valence-electron chi connectivity index (χ3n) is 3.06. The second-order valence-electron chi connectivity index (χ2n) is 4.38. The predicted molar refractivity (Wildman–Crippen MR) is 76.0 cm³/mol. The lowest BCUT2D eigenvalue weighted by Gasteiger charge is -2.21. The van der Waals surface area contributed by atoms with Crippen LogP contribution in [0.5, 0.6) is 0 Å². The molecule has 0 aromatic heterocycles. The van der Waals surface area contributed by atoms with Gasteiger partial charge in [0.1, 0.15) is 0 Å². The molecule has 0 aromatic carbocycles. The molecule has 0 aromatic rings. The molecule has 0 spiro atoms. The number of hydrogen-bond donors (Lipinski definition) is 1. The third kappa shape index (κ3) is 4.24. The van der Waals surface area contributed by atoms with Crippen LogP contribution >= 0.6 is 0 Å². The van der Waals surface area contributed by atoms with Gasteiger partial charge in [-0.05, 0) is 31.9 Å². The standard InChI is InChI=1S/C15H22N2O/c1-4-6-7-10-14(5-2)16-12-15(18)17-11-8-9-13(17)3/h4-7,10,13,16H,1-2,8-9,11-12H2,3H3/b7-6-,14-10+. The number of nitrogens with one attached hydrogen (secondary N) is 1. The summed E-state index contributed by atoms with van der Waals surface area (Å²) in [7, 11) is 0. The summed E-state index contributed by atoms with van der Waals surface area (Å²) < 4.78 is 0. The van der Waals surface area contributed by atoms with Gasteiger partial charge in [0, 0.05) is 18.3 Å². The van der Waals surface area contributed by atoms with Crippen LogP contribution in [0.4, 0.5) is 0 Å². The molecule has 3 heteroatoms. The molecule has 1 rings (SSSR count). The van der Waals surface area contributed by atoms with Gasteiger partial charge in [0.05, 0.1) is 6.54 Å². The molecule has 98 valence electrons. The number of carbonyl (C=O) groups excluding carboxylic acids is 1. The molecule has 1 unspecified atom stereocenters. The van der Waals surface area contributed by atoms with E-state index in [9.17, 15) is 4.79 Å². The summed E-state index contributed by atoms with van der Waals surface area (Å²) in [4.78, 5) is 13.9. The Labute approximate surface area is 110 Å². The van der Waals surface area contributed by atoms with Gasteiger partial charge in [-0.15, -0.1) is 0 Å². The van der Waals surface area contributed by atoms with E-state index in [2.05, 4.69) is 25.4 Å². The molecule has 1 fully saturated rings. The van der Waals surface area contributed by atoms with E-state index in [4.69, 9.17) is 0 Å². The molecule has 1 aliphatic heterocycles. The van der Waals surface area contributed by atoms with Crippen LogP contribution in [0.15, 0.2) is 49.2 Å². The van der Waals surface area contributed by atoms with E-state index in [-0.39, 0.29) is 5.91 Å². The van der Waals surface area contributed by atoms with E-state index in [0.717, 1.165) is 25.1 Å². The molecular weight excluding hydrogens is 224 g/mol. The number of allylic oxidation sites excluding steroid dienone is 5. The van der Waals surface area contributed by atoms with Crippen molar-refractivity contribution < 1.29 is 4.79 Å². The molecule has 0 aliphatic carbocycles. The number of nitrogens with zero attached hydrogens (tertiary/aromatic N) is 1. The Balaban J connectivity index is 2.45. The van der Waals surface area contributed by atoms with Gasteiger partial charge in [-0.3, -0.25) is 4.79 Å². The van der Waals surface area contributed by atoms with E-state index in [1.165, 1.54) is 0 Å². The Morgan fingerprint density at radius 1 is 1.44 bits per heavy atom. The van der Waals surface area contributed by atoms with Crippen molar-refractivity contribution in [1.82, 2.24) is 10.2 Å². The maximum Gasteiger partial charge on any atom is 0.242 e. The van der Waals surface area contributed by atoms with E-state index >= 15 is 0 Å². The highest BCUT2D eigenvalue weighted by Crippen LogP contribution is 2.15. The highest BCUT2D eigenvalue weighted by atomic mass is 16.2. The smallest absolute Gasteiger partial charge is 0.242 e. The Morgan fingerprint density at radius 3 is 2.78 bits per heavy atom. The van der Waals surface area contributed by atoms with Crippen LogP contribution in [0.3, 0.4) is 0 Å². The van der Waals surface area contributed by atoms with Gasteiger partial charge in [-0.1, -0.05) is 31.4 Å². The number of amides is 1. The summed E-state index contributed by atoms with van der Waals surface area (Å²) in [5.74, 6) is 0.153. The monoisotopic (exact) mass is 246 g/mol. The summed E-state index contributed by atoms with van der Waals surface area (Å²) >= 11 is 0. The zero-order valence-corrected chi connectivity index (χ0v) is 11.1. The van der Waals surface area contributed by atoms with Crippen molar-refractivity contribution in [2.45, 2.75) is 25.8 Å². The quantitative estimate of drug-likeness (QED) is 0.730. The second kappa shape index (κ2) is 7.54. The van der Waals surface area contributed by atoms with E-state index < -0.39 is 0 Å². The fourth-order valence-electron chi connectivity index (χ4n) is 2.02. The average Bonchev–Trinajstić information content (AvgIpc) is 2.79. The van der Waals surface area contributed by atoms with Crippen molar-refractivity contribution in [3.05, 3.63) is 49.2 Å². The first kappa shape index (κ1) is 14.3. The summed E-state index contributed by atoms with van der Waals surface area (Å²) in [6.07, 6.45) is 11.2. The largest absolute Gasteiger partial charge is 0.376 e. The molecule has 0 radical (unpaired) electrons. The molecule has 3 nitrogen and oxygen atoms in total. The average molecular weight is 246 g/mol. The molecule has 1 amide bonds. The van der Waals surface area contributed by atoms with Crippen molar-refractivity contribution in [3.63, 3.8) is 0 Å². The summed E-state index contributed by atoms with van der Waals surface area (Å²) in [5.41, 5.74) is 0.841. The van der Waals surface area contributed by atoms with Crippen molar-refractivity contribution in [2.75, 3.05) is 13.1 Å². The van der Waals surface area contributed by atoms with Crippen molar-refractivity contribution in [2.24, 2.45) is 0 Å². The maximum atomic E-state index is 12.0. The van der Waals surface area contributed by atoms with Gasteiger partial charge in [-0.25, -0.2) is 0 Å². The van der Waals surface area contributed by atoms with E-state index in [0.29, 0.717) is 12.6 Å². The first-order chi connectivity index (χ1) is 8.69.